The maximum Gasteiger partial charge on any atom is 0.219 e. The molecular weight excluding hydrogens is 262 g/mol. The highest BCUT2D eigenvalue weighted by atomic mass is 16.5. The normalized spacial score (nSPS) is 11.3. The molecule has 8 nitrogen and oxygen atoms in total. The first-order chi connectivity index (χ1) is 9.72. The van der Waals surface area contributed by atoms with Gasteiger partial charge in [-0.2, -0.15) is 0 Å². The average molecular weight is 277 g/mol. The SMILES string of the molecule is COc1ccc(OCCn2cnc(C(N)=NO)n2)cc1. The first-order valence-corrected chi connectivity index (χ1v) is 5.87. The first kappa shape index (κ1) is 13.7. The van der Waals surface area contributed by atoms with E-state index in [2.05, 4.69) is 15.2 Å². The lowest BCUT2D eigenvalue weighted by atomic mass is 10.3. The second-order valence-corrected chi connectivity index (χ2v) is 3.84. The van der Waals surface area contributed by atoms with Crippen LogP contribution < -0.4 is 15.2 Å². The molecule has 0 radical (unpaired) electrons. The Morgan fingerprint density at radius 3 is 2.70 bits per heavy atom. The lowest BCUT2D eigenvalue weighted by Gasteiger charge is -2.06. The quantitative estimate of drug-likeness (QED) is 0.344. The van der Waals surface area contributed by atoms with E-state index in [0.29, 0.717) is 13.2 Å². The summed E-state index contributed by atoms with van der Waals surface area (Å²) in [6.45, 7) is 0.920. The standard InChI is InChI=1S/C12H15N5O3/c1-19-9-2-4-10(5-3-9)20-7-6-17-8-14-12(15-17)11(13)16-18/h2-5,8,18H,6-7H2,1H3,(H2,13,16). The molecule has 0 aliphatic rings. The minimum atomic E-state index is -0.125. The van der Waals surface area contributed by atoms with Crippen LogP contribution >= 0.6 is 0 Å². The summed E-state index contributed by atoms with van der Waals surface area (Å²) < 4.78 is 12.2. The smallest absolute Gasteiger partial charge is 0.219 e. The van der Waals surface area contributed by atoms with Gasteiger partial charge >= 0.3 is 0 Å². The van der Waals surface area contributed by atoms with Crippen LogP contribution in [0.3, 0.4) is 0 Å². The molecule has 106 valence electrons. The van der Waals surface area contributed by atoms with Crippen molar-refractivity contribution in [3.8, 4) is 11.5 Å². The van der Waals surface area contributed by atoms with Gasteiger partial charge in [0.05, 0.1) is 13.7 Å². The van der Waals surface area contributed by atoms with Gasteiger partial charge in [0.25, 0.3) is 0 Å². The molecule has 0 amide bonds. The third-order valence-electron chi connectivity index (χ3n) is 2.52. The number of aromatic nitrogens is 3. The number of benzene rings is 1. The molecule has 0 saturated carbocycles. The molecule has 1 aromatic heterocycles. The van der Waals surface area contributed by atoms with Crippen molar-refractivity contribution >= 4 is 5.84 Å². The molecule has 3 N–H and O–H groups in total. The van der Waals surface area contributed by atoms with Gasteiger partial charge in [0, 0.05) is 0 Å². The van der Waals surface area contributed by atoms with Gasteiger partial charge in [-0.25, -0.2) is 9.67 Å². The second kappa shape index (κ2) is 6.41. The molecule has 2 rings (SSSR count). The van der Waals surface area contributed by atoms with Crippen molar-refractivity contribution in [1.29, 1.82) is 0 Å². The molecule has 2 aromatic rings. The molecule has 1 heterocycles. The first-order valence-electron chi connectivity index (χ1n) is 5.87. The van der Waals surface area contributed by atoms with Gasteiger partial charge in [0.1, 0.15) is 24.4 Å². The highest BCUT2D eigenvalue weighted by molar-refractivity contribution is 5.93. The van der Waals surface area contributed by atoms with E-state index in [4.69, 9.17) is 20.4 Å². The van der Waals surface area contributed by atoms with Crippen LogP contribution in [0.5, 0.6) is 11.5 Å². The Hall–Kier alpha value is -2.77. The van der Waals surface area contributed by atoms with Crippen LogP contribution in [-0.4, -0.2) is 39.5 Å². The van der Waals surface area contributed by atoms with Crippen molar-refractivity contribution in [3.05, 3.63) is 36.4 Å². The summed E-state index contributed by atoms with van der Waals surface area (Å²) in [7, 11) is 1.61. The van der Waals surface area contributed by atoms with E-state index in [1.807, 2.05) is 24.3 Å². The topological polar surface area (TPSA) is 108 Å². The van der Waals surface area contributed by atoms with E-state index in [1.54, 1.807) is 11.8 Å². The van der Waals surface area contributed by atoms with E-state index >= 15 is 0 Å². The van der Waals surface area contributed by atoms with E-state index in [1.165, 1.54) is 6.33 Å². The van der Waals surface area contributed by atoms with E-state index in [0.717, 1.165) is 11.5 Å². The average Bonchev–Trinajstić information content (AvgIpc) is 2.96. The number of ether oxygens (including phenoxy) is 2. The van der Waals surface area contributed by atoms with Crippen molar-refractivity contribution in [2.75, 3.05) is 13.7 Å². The van der Waals surface area contributed by atoms with Gasteiger partial charge in [0.15, 0.2) is 0 Å². The second-order valence-electron chi connectivity index (χ2n) is 3.84. The number of methoxy groups -OCH3 is 1. The molecule has 0 aliphatic carbocycles. The molecule has 0 aliphatic heterocycles. The third kappa shape index (κ3) is 3.37. The van der Waals surface area contributed by atoms with Gasteiger partial charge < -0.3 is 20.4 Å². The fraction of sp³-hybridized carbons (Fsp3) is 0.250. The van der Waals surface area contributed by atoms with Crippen LogP contribution in [0.25, 0.3) is 0 Å². The van der Waals surface area contributed by atoms with Crippen LogP contribution in [0.4, 0.5) is 0 Å². The van der Waals surface area contributed by atoms with Crippen molar-refractivity contribution in [1.82, 2.24) is 14.8 Å². The lowest BCUT2D eigenvalue weighted by molar-refractivity contribution is 0.290. The molecule has 0 fully saturated rings. The zero-order valence-corrected chi connectivity index (χ0v) is 10.9. The van der Waals surface area contributed by atoms with Gasteiger partial charge in [-0.05, 0) is 24.3 Å². The summed E-state index contributed by atoms with van der Waals surface area (Å²) in [5.41, 5.74) is 5.37. The number of amidine groups is 1. The fourth-order valence-corrected chi connectivity index (χ4v) is 1.49. The summed E-state index contributed by atoms with van der Waals surface area (Å²) in [6.07, 6.45) is 1.49. The highest BCUT2D eigenvalue weighted by Crippen LogP contribution is 2.16. The van der Waals surface area contributed by atoms with Crippen LogP contribution in [0, 0.1) is 0 Å². The lowest BCUT2D eigenvalue weighted by Crippen LogP contribution is -2.16. The largest absolute Gasteiger partial charge is 0.497 e. The fourth-order valence-electron chi connectivity index (χ4n) is 1.49. The van der Waals surface area contributed by atoms with Crippen molar-refractivity contribution < 1.29 is 14.7 Å². The van der Waals surface area contributed by atoms with Crippen LogP contribution in [-0.2, 0) is 6.54 Å². The zero-order valence-electron chi connectivity index (χ0n) is 10.9. The van der Waals surface area contributed by atoms with Gasteiger partial charge in [-0.3, -0.25) is 0 Å². The molecule has 0 unspecified atom stereocenters. The number of nitrogens with zero attached hydrogens (tertiary/aromatic N) is 4. The summed E-state index contributed by atoms with van der Waals surface area (Å²) >= 11 is 0. The van der Waals surface area contributed by atoms with Crippen LogP contribution in [0.15, 0.2) is 35.7 Å². The summed E-state index contributed by atoms with van der Waals surface area (Å²) in [6, 6.07) is 7.28. The Morgan fingerprint density at radius 1 is 1.35 bits per heavy atom. The molecule has 0 bridgehead atoms. The summed E-state index contributed by atoms with van der Waals surface area (Å²) in [5, 5.41) is 15.4. The Bertz CT molecular complexity index is 579. The summed E-state index contributed by atoms with van der Waals surface area (Å²) in [4.78, 5) is 3.90. The van der Waals surface area contributed by atoms with Crippen LogP contribution in [0.2, 0.25) is 0 Å². The number of oxime groups is 1. The van der Waals surface area contributed by atoms with E-state index < -0.39 is 0 Å². The Labute approximate surface area is 115 Å². The van der Waals surface area contributed by atoms with Gasteiger partial charge in [0.2, 0.25) is 11.7 Å². The van der Waals surface area contributed by atoms with Crippen molar-refractivity contribution in [3.63, 3.8) is 0 Å². The van der Waals surface area contributed by atoms with E-state index in [9.17, 15) is 0 Å². The van der Waals surface area contributed by atoms with E-state index in [-0.39, 0.29) is 11.7 Å². The molecule has 1 aromatic carbocycles. The monoisotopic (exact) mass is 277 g/mol. The number of hydrogen-bond acceptors (Lipinski definition) is 6. The molecule has 8 heteroatoms. The minimum absolute atomic E-state index is 0.125. The number of nitrogens with two attached hydrogens (primary N) is 1. The minimum Gasteiger partial charge on any atom is -0.497 e. The number of rotatable bonds is 6. The predicted octanol–water partition coefficient (Wildman–Crippen LogP) is 0.460. The Kier molecular flexibility index (Phi) is 4.38. The molecule has 0 saturated heterocycles. The molecular formula is C12H15N5O3. The van der Waals surface area contributed by atoms with Crippen molar-refractivity contribution in [2.24, 2.45) is 10.9 Å². The highest BCUT2D eigenvalue weighted by Gasteiger charge is 2.05. The Morgan fingerprint density at radius 2 is 2.05 bits per heavy atom. The zero-order chi connectivity index (χ0) is 14.4. The molecule has 20 heavy (non-hydrogen) atoms. The van der Waals surface area contributed by atoms with Crippen molar-refractivity contribution in [2.45, 2.75) is 6.54 Å². The molecule has 0 spiro atoms. The molecule has 0 atom stereocenters. The van der Waals surface area contributed by atoms with Gasteiger partial charge in [-0.15, -0.1) is 5.10 Å². The summed E-state index contributed by atoms with van der Waals surface area (Å²) in [5.74, 6) is 1.57. The maximum atomic E-state index is 8.50. The van der Waals surface area contributed by atoms with Gasteiger partial charge in [-0.1, -0.05) is 5.16 Å². The number of hydrogen-bond donors (Lipinski definition) is 2. The maximum absolute atomic E-state index is 8.50. The third-order valence-corrected chi connectivity index (χ3v) is 2.52. The Balaban J connectivity index is 1.84. The predicted molar refractivity (Wildman–Crippen MR) is 71.0 cm³/mol. The van der Waals surface area contributed by atoms with Crippen LogP contribution in [0.1, 0.15) is 5.82 Å².